The van der Waals surface area contributed by atoms with Gasteiger partial charge in [-0.3, -0.25) is 14.9 Å². The maximum absolute atomic E-state index is 13.0. The van der Waals surface area contributed by atoms with Crippen molar-refractivity contribution in [2.45, 2.75) is 19.3 Å². The van der Waals surface area contributed by atoms with Gasteiger partial charge >= 0.3 is 5.69 Å². The van der Waals surface area contributed by atoms with Crippen LogP contribution in [0.2, 0.25) is 0 Å². The molecule has 0 spiro atoms. The minimum Gasteiger partial charge on any atom is -0.338 e. The number of carbonyl (C=O) groups is 1. The summed E-state index contributed by atoms with van der Waals surface area (Å²) in [5.74, 6) is 0.540. The molecule has 1 saturated heterocycles. The first kappa shape index (κ1) is 17.8. The van der Waals surface area contributed by atoms with Gasteiger partial charge in [0.2, 0.25) is 11.9 Å². The van der Waals surface area contributed by atoms with E-state index in [1.54, 1.807) is 0 Å². The van der Waals surface area contributed by atoms with Crippen molar-refractivity contribution in [1.82, 2.24) is 14.9 Å². The van der Waals surface area contributed by atoms with Gasteiger partial charge in [-0.1, -0.05) is 30.3 Å². The maximum atomic E-state index is 13.0. The van der Waals surface area contributed by atoms with Gasteiger partial charge in [-0.05, 0) is 19.4 Å². The lowest BCUT2D eigenvalue weighted by molar-refractivity contribution is -0.385. The molecule has 1 aromatic carbocycles. The summed E-state index contributed by atoms with van der Waals surface area (Å²) in [6.45, 7) is 6.20. The Kier molecular flexibility index (Phi) is 4.83. The van der Waals surface area contributed by atoms with E-state index in [1.807, 2.05) is 54.0 Å². The van der Waals surface area contributed by atoms with Crippen molar-refractivity contribution in [3.8, 4) is 0 Å². The molecular weight excluding hydrogens is 334 g/mol. The first-order chi connectivity index (χ1) is 12.4. The SMILES string of the molecule is CC(C)(C(=O)N1CCN(c2ncc([N+](=O)[O-])cn2)CC1)c1ccccc1. The molecule has 8 nitrogen and oxygen atoms in total. The molecule has 1 amide bonds. The zero-order valence-corrected chi connectivity index (χ0v) is 14.8. The van der Waals surface area contributed by atoms with Gasteiger partial charge in [-0.2, -0.15) is 0 Å². The largest absolute Gasteiger partial charge is 0.338 e. The van der Waals surface area contributed by atoms with Crippen molar-refractivity contribution in [2.75, 3.05) is 31.1 Å². The molecule has 0 unspecified atom stereocenters. The Labute approximate surface area is 151 Å². The summed E-state index contributed by atoms with van der Waals surface area (Å²) >= 11 is 0. The first-order valence-corrected chi connectivity index (χ1v) is 8.46. The van der Waals surface area contributed by atoms with Crippen LogP contribution in [0.4, 0.5) is 11.6 Å². The molecule has 0 bridgehead atoms. The number of nitrogens with zero attached hydrogens (tertiary/aromatic N) is 5. The summed E-state index contributed by atoms with van der Waals surface area (Å²) in [7, 11) is 0. The third-order valence-corrected chi connectivity index (χ3v) is 4.72. The van der Waals surface area contributed by atoms with E-state index in [1.165, 1.54) is 12.4 Å². The topological polar surface area (TPSA) is 92.5 Å². The van der Waals surface area contributed by atoms with Gasteiger partial charge in [-0.15, -0.1) is 0 Å². The quantitative estimate of drug-likeness (QED) is 0.615. The van der Waals surface area contributed by atoms with Gasteiger partial charge in [0, 0.05) is 26.2 Å². The van der Waals surface area contributed by atoms with E-state index in [9.17, 15) is 14.9 Å². The van der Waals surface area contributed by atoms with E-state index >= 15 is 0 Å². The van der Waals surface area contributed by atoms with Crippen molar-refractivity contribution in [3.63, 3.8) is 0 Å². The second-order valence-corrected chi connectivity index (χ2v) is 6.77. The van der Waals surface area contributed by atoms with Gasteiger partial charge in [0.25, 0.3) is 0 Å². The third-order valence-electron chi connectivity index (χ3n) is 4.72. The van der Waals surface area contributed by atoms with Gasteiger partial charge in [0.1, 0.15) is 12.4 Å². The fraction of sp³-hybridized carbons (Fsp3) is 0.389. The standard InChI is InChI=1S/C18H21N5O3/c1-18(2,14-6-4-3-5-7-14)16(24)21-8-10-22(11-9-21)17-19-12-15(13-20-17)23(25)26/h3-7,12-13H,8-11H2,1-2H3. The smallest absolute Gasteiger partial charge is 0.305 e. The molecule has 0 aliphatic carbocycles. The number of anilines is 1. The van der Waals surface area contributed by atoms with Gasteiger partial charge in [0.15, 0.2) is 0 Å². The molecule has 3 rings (SSSR count). The zero-order chi connectivity index (χ0) is 18.7. The highest BCUT2D eigenvalue weighted by atomic mass is 16.6. The number of hydrogen-bond donors (Lipinski definition) is 0. The van der Waals surface area contributed by atoms with Crippen LogP contribution in [0.1, 0.15) is 19.4 Å². The molecule has 8 heteroatoms. The maximum Gasteiger partial charge on any atom is 0.305 e. The summed E-state index contributed by atoms with van der Waals surface area (Å²) in [6, 6.07) is 9.76. The number of benzene rings is 1. The van der Waals surface area contributed by atoms with Crippen LogP contribution in [0.25, 0.3) is 0 Å². The lowest BCUT2D eigenvalue weighted by atomic mass is 9.83. The number of piperazine rings is 1. The number of amides is 1. The van der Waals surface area contributed by atoms with Crippen LogP contribution in [0.5, 0.6) is 0 Å². The van der Waals surface area contributed by atoms with Crippen LogP contribution in [-0.4, -0.2) is 51.9 Å². The fourth-order valence-electron chi connectivity index (χ4n) is 3.06. The minimum absolute atomic E-state index is 0.0907. The second kappa shape index (κ2) is 7.07. The predicted molar refractivity (Wildman–Crippen MR) is 96.9 cm³/mol. The number of rotatable bonds is 4. The molecule has 1 aliphatic heterocycles. The molecule has 2 heterocycles. The summed E-state index contributed by atoms with van der Waals surface area (Å²) in [4.78, 5) is 35.1. The normalized spacial score (nSPS) is 15.0. The summed E-state index contributed by atoms with van der Waals surface area (Å²) in [6.07, 6.45) is 2.41. The van der Waals surface area contributed by atoms with Crippen molar-refractivity contribution in [2.24, 2.45) is 0 Å². The van der Waals surface area contributed by atoms with E-state index < -0.39 is 10.3 Å². The molecule has 0 atom stereocenters. The van der Waals surface area contributed by atoms with E-state index in [-0.39, 0.29) is 11.6 Å². The van der Waals surface area contributed by atoms with Crippen LogP contribution in [0.15, 0.2) is 42.7 Å². The van der Waals surface area contributed by atoms with Crippen molar-refractivity contribution >= 4 is 17.5 Å². The molecule has 0 N–H and O–H groups in total. The Morgan fingerprint density at radius 3 is 2.19 bits per heavy atom. The Bertz CT molecular complexity index is 784. The summed E-state index contributed by atoms with van der Waals surface area (Å²) in [5, 5.41) is 10.7. The number of aromatic nitrogens is 2. The van der Waals surface area contributed by atoms with E-state index in [0.29, 0.717) is 32.1 Å². The molecule has 1 fully saturated rings. The Hall–Kier alpha value is -3.03. The molecule has 0 saturated carbocycles. The lowest BCUT2D eigenvalue weighted by Gasteiger charge is -2.38. The van der Waals surface area contributed by atoms with Crippen molar-refractivity contribution < 1.29 is 9.72 Å². The Morgan fingerprint density at radius 1 is 1.08 bits per heavy atom. The minimum atomic E-state index is -0.590. The van der Waals surface area contributed by atoms with Crippen LogP contribution >= 0.6 is 0 Å². The predicted octanol–water partition coefficient (Wildman–Crippen LogP) is 2.01. The number of nitro groups is 1. The molecule has 26 heavy (non-hydrogen) atoms. The highest BCUT2D eigenvalue weighted by Crippen LogP contribution is 2.26. The lowest BCUT2D eigenvalue weighted by Crippen LogP contribution is -2.53. The van der Waals surface area contributed by atoms with Gasteiger partial charge in [-0.25, -0.2) is 9.97 Å². The van der Waals surface area contributed by atoms with Gasteiger partial charge in [0.05, 0.1) is 10.3 Å². The number of carbonyl (C=O) groups excluding carboxylic acids is 1. The first-order valence-electron chi connectivity index (χ1n) is 8.46. The fourth-order valence-corrected chi connectivity index (χ4v) is 3.06. The van der Waals surface area contributed by atoms with Crippen LogP contribution in [0, 0.1) is 10.1 Å². The molecule has 1 aliphatic rings. The van der Waals surface area contributed by atoms with Crippen LogP contribution in [-0.2, 0) is 10.2 Å². The number of hydrogen-bond acceptors (Lipinski definition) is 6. The third kappa shape index (κ3) is 3.49. The Morgan fingerprint density at radius 2 is 1.65 bits per heavy atom. The highest BCUT2D eigenvalue weighted by molar-refractivity contribution is 5.87. The average Bonchev–Trinajstić information content (AvgIpc) is 2.68. The van der Waals surface area contributed by atoms with E-state index in [4.69, 9.17) is 0 Å². The molecule has 0 radical (unpaired) electrons. The Balaban J connectivity index is 1.64. The van der Waals surface area contributed by atoms with Crippen molar-refractivity contribution in [1.29, 1.82) is 0 Å². The van der Waals surface area contributed by atoms with Crippen LogP contribution < -0.4 is 4.90 Å². The van der Waals surface area contributed by atoms with Crippen LogP contribution in [0.3, 0.4) is 0 Å². The summed E-state index contributed by atoms with van der Waals surface area (Å²) in [5.41, 5.74) is 0.270. The van der Waals surface area contributed by atoms with E-state index in [2.05, 4.69) is 9.97 Å². The second-order valence-electron chi connectivity index (χ2n) is 6.77. The zero-order valence-electron chi connectivity index (χ0n) is 14.8. The molecule has 2 aromatic rings. The highest BCUT2D eigenvalue weighted by Gasteiger charge is 2.35. The monoisotopic (exact) mass is 355 g/mol. The van der Waals surface area contributed by atoms with Crippen molar-refractivity contribution in [3.05, 3.63) is 58.4 Å². The van der Waals surface area contributed by atoms with E-state index in [0.717, 1.165) is 5.56 Å². The average molecular weight is 355 g/mol. The van der Waals surface area contributed by atoms with Gasteiger partial charge < -0.3 is 9.80 Å². The molecule has 1 aromatic heterocycles. The molecule has 136 valence electrons. The summed E-state index contributed by atoms with van der Waals surface area (Å²) < 4.78 is 0. The molecular formula is C18H21N5O3.